The summed E-state index contributed by atoms with van der Waals surface area (Å²) in [4.78, 5) is 11.6. The fourth-order valence-corrected chi connectivity index (χ4v) is 7.42. The minimum atomic E-state index is -1.98. The third-order valence-corrected chi connectivity index (χ3v) is 7.86. The van der Waals surface area contributed by atoms with Gasteiger partial charge in [0.1, 0.15) is 31.0 Å². The minimum Gasteiger partial charge on any atom is -0.463 e. The molecule has 1 aliphatic heterocycles. The van der Waals surface area contributed by atoms with Gasteiger partial charge in [0.25, 0.3) is 0 Å². The van der Waals surface area contributed by atoms with Crippen LogP contribution in [0.15, 0.2) is 0 Å². The summed E-state index contributed by atoms with van der Waals surface area (Å²) in [5, 5.41) is 0. The van der Waals surface area contributed by atoms with E-state index in [1.807, 2.05) is 0 Å². The number of esters is 1. The van der Waals surface area contributed by atoms with Crippen LogP contribution in [0.5, 0.6) is 0 Å². The molecule has 1 fully saturated rings. The van der Waals surface area contributed by atoms with Crippen molar-refractivity contribution in [1.82, 2.24) is 0 Å². The maximum absolute atomic E-state index is 11.6. The molecule has 0 radical (unpaired) electrons. The van der Waals surface area contributed by atoms with Crippen LogP contribution in [0.4, 0.5) is 0 Å². The molecule has 0 aromatic heterocycles. The second-order valence-corrected chi connectivity index (χ2v) is 30.0. The van der Waals surface area contributed by atoms with E-state index in [1.165, 1.54) is 6.92 Å². The molecule has 7 nitrogen and oxygen atoms in total. The maximum atomic E-state index is 11.6. The summed E-state index contributed by atoms with van der Waals surface area (Å²) >= 11 is 0. The predicted octanol–water partition coefficient (Wildman–Crippen LogP) is 4.79. The molecule has 1 heterocycles. The highest BCUT2D eigenvalue weighted by molar-refractivity contribution is 6.71. The van der Waals surface area contributed by atoms with Crippen molar-refractivity contribution in [2.75, 3.05) is 6.61 Å². The van der Waals surface area contributed by atoms with E-state index in [4.69, 9.17) is 27.2 Å². The molecule has 0 aromatic carbocycles. The minimum absolute atomic E-state index is 0.0985. The summed E-state index contributed by atoms with van der Waals surface area (Å²) < 4.78 is 38.3. The van der Waals surface area contributed by atoms with Crippen molar-refractivity contribution < 1.29 is 32.0 Å². The third kappa shape index (κ3) is 11.7. The van der Waals surface area contributed by atoms with Gasteiger partial charge in [0, 0.05) is 6.92 Å². The maximum Gasteiger partial charge on any atom is 0.302 e. The van der Waals surface area contributed by atoms with Gasteiger partial charge in [-0.25, -0.2) is 0 Å². The summed E-state index contributed by atoms with van der Waals surface area (Å²) in [5.74, 6) is -0.346. The van der Waals surface area contributed by atoms with E-state index >= 15 is 0 Å². The van der Waals surface area contributed by atoms with Crippen molar-refractivity contribution in [2.45, 2.75) is 116 Å². The van der Waals surface area contributed by atoms with E-state index in [9.17, 15) is 4.79 Å². The molecule has 0 aliphatic carbocycles. The molecule has 0 saturated carbocycles. The first-order valence-electron chi connectivity index (χ1n) is 11.2. The number of hydrogen-bond donors (Lipinski definition) is 0. The quantitative estimate of drug-likeness (QED) is 0.309. The van der Waals surface area contributed by atoms with E-state index in [0.717, 1.165) is 0 Å². The first kappa shape index (κ1) is 29.2. The smallest absolute Gasteiger partial charge is 0.302 e. The van der Waals surface area contributed by atoms with Crippen LogP contribution < -0.4 is 0 Å². The highest BCUT2D eigenvalue weighted by Crippen LogP contribution is 2.35. The second-order valence-electron chi connectivity index (χ2n) is 12.2. The van der Waals surface area contributed by atoms with Gasteiger partial charge < -0.3 is 27.2 Å². The molecule has 0 N–H and O–H groups in total. The number of carbonyl (C=O) groups excluding carboxylic acids is 1. The molecule has 0 unspecified atom stereocenters. The molecule has 31 heavy (non-hydrogen) atoms. The summed E-state index contributed by atoms with van der Waals surface area (Å²) in [5.41, 5.74) is 0. The first-order valence-corrected chi connectivity index (χ1v) is 24.8. The summed E-state index contributed by atoms with van der Waals surface area (Å²) in [7, 11) is -7.89. The molecule has 0 amide bonds. The number of ether oxygens (including phenoxy) is 2. The van der Waals surface area contributed by atoms with E-state index in [-0.39, 0.29) is 18.7 Å². The van der Waals surface area contributed by atoms with Crippen LogP contribution in [0.25, 0.3) is 0 Å². The van der Waals surface area contributed by atoms with Crippen LogP contribution in [-0.4, -0.2) is 76.6 Å². The van der Waals surface area contributed by atoms with Gasteiger partial charge in [-0.1, -0.05) is 0 Å². The molecule has 1 aliphatic rings. The Labute approximate surface area is 194 Å². The van der Waals surface area contributed by atoms with Crippen LogP contribution in [0.1, 0.15) is 6.92 Å². The molecule has 1 saturated heterocycles. The fourth-order valence-electron chi connectivity index (χ4n) is 3.28. The lowest BCUT2D eigenvalue weighted by Gasteiger charge is -2.51. The standard InChI is InChI=1S/C20H46O7Si4/c1-15(21)22-14-16-17(24-28(2,3)4)18(25-29(5,6)7)19(26-30(8,9)10)20(23-16)27-31(11,12)13/h16-20H,14H2,1-13H3/t16-,17+,18+,19-,20-/m1/s1. The van der Waals surface area contributed by atoms with Gasteiger partial charge in [-0.2, -0.15) is 0 Å². The fraction of sp³-hybridized carbons (Fsp3) is 0.950. The predicted molar refractivity (Wildman–Crippen MR) is 134 cm³/mol. The Balaban J connectivity index is 3.48. The van der Waals surface area contributed by atoms with Crippen molar-refractivity contribution >= 4 is 39.2 Å². The molecule has 0 aromatic rings. The highest BCUT2D eigenvalue weighted by Gasteiger charge is 2.52. The van der Waals surface area contributed by atoms with Crippen molar-refractivity contribution in [2.24, 2.45) is 0 Å². The zero-order valence-electron chi connectivity index (χ0n) is 22.0. The monoisotopic (exact) mass is 510 g/mol. The Morgan fingerprint density at radius 2 is 1.03 bits per heavy atom. The summed E-state index contributed by atoms with van der Waals surface area (Å²) in [6.45, 7) is 27.3. The summed E-state index contributed by atoms with van der Waals surface area (Å²) in [6.07, 6.45) is -2.25. The molecule has 5 atom stereocenters. The Hall–Kier alpha value is 0.138. The Morgan fingerprint density at radius 3 is 1.42 bits per heavy atom. The van der Waals surface area contributed by atoms with Crippen molar-refractivity contribution in [1.29, 1.82) is 0 Å². The average Bonchev–Trinajstić information content (AvgIpc) is 2.46. The Bertz CT molecular complexity index is 590. The largest absolute Gasteiger partial charge is 0.463 e. The van der Waals surface area contributed by atoms with Gasteiger partial charge in [0.15, 0.2) is 39.6 Å². The molecule has 1 rings (SSSR count). The molecular formula is C20H46O7Si4. The molecule has 184 valence electrons. The van der Waals surface area contributed by atoms with Crippen LogP contribution in [0.2, 0.25) is 78.6 Å². The van der Waals surface area contributed by atoms with Crippen molar-refractivity contribution in [3.8, 4) is 0 Å². The van der Waals surface area contributed by atoms with Gasteiger partial charge in [0.05, 0.1) is 0 Å². The zero-order chi connectivity index (χ0) is 24.4. The molecular weight excluding hydrogens is 465 g/mol. The first-order chi connectivity index (χ1) is 13.7. The van der Waals surface area contributed by atoms with Gasteiger partial charge in [-0.15, -0.1) is 0 Å². The number of rotatable bonds is 10. The zero-order valence-corrected chi connectivity index (χ0v) is 26.0. The lowest BCUT2D eigenvalue weighted by Crippen LogP contribution is -2.67. The van der Waals surface area contributed by atoms with E-state index < -0.39 is 57.9 Å². The van der Waals surface area contributed by atoms with Crippen molar-refractivity contribution in [3.05, 3.63) is 0 Å². The van der Waals surface area contributed by atoms with Gasteiger partial charge >= 0.3 is 5.97 Å². The molecule has 11 heteroatoms. The normalized spacial score (nSPS) is 28.5. The van der Waals surface area contributed by atoms with Gasteiger partial charge in [-0.3, -0.25) is 4.79 Å². The van der Waals surface area contributed by atoms with Crippen LogP contribution in [0.3, 0.4) is 0 Å². The SMILES string of the molecule is CC(=O)OC[C@H]1O[C@H](O[Si](C)(C)C)[C@H](O[Si](C)(C)C)[C@@H](O[Si](C)(C)C)[C@H]1O[Si](C)(C)C. The van der Waals surface area contributed by atoms with E-state index in [2.05, 4.69) is 78.6 Å². The average molecular weight is 511 g/mol. The molecule has 0 bridgehead atoms. The lowest BCUT2D eigenvalue weighted by atomic mass is 9.99. The van der Waals surface area contributed by atoms with Crippen LogP contribution in [0, 0.1) is 0 Å². The van der Waals surface area contributed by atoms with E-state index in [1.54, 1.807) is 0 Å². The van der Waals surface area contributed by atoms with Crippen molar-refractivity contribution in [3.63, 3.8) is 0 Å². The topological polar surface area (TPSA) is 72.5 Å². The number of hydrogen-bond acceptors (Lipinski definition) is 7. The Kier molecular flexibility index (Phi) is 9.97. The molecule has 0 spiro atoms. The number of carbonyl (C=O) groups is 1. The second kappa shape index (κ2) is 10.6. The third-order valence-electron chi connectivity index (χ3n) is 3.98. The lowest BCUT2D eigenvalue weighted by molar-refractivity contribution is -0.270. The van der Waals surface area contributed by atoms with Gasteiger partial charge in [0.2, 0.25) is 0 Å². The van der Waals surface area contributed by atoms with Gasteiger partial charge in [-0.05, 0) is 78.6 Å². The Morgan fingerprint density at radius 1 is 0.645 bits per heavy atom. The summed E-state index contributed by atoms with van der Waals surface area (Å²) in [6, 6.07) is 0. The van der Waals surface area contributed by atoms with Crippen LogP contribution in [-0.2, 0) is 32.0 Å². The van der Waals surface area contributed by atoms with Crippen LogP contribution >= 0.6 is 0 Å². The van der Waals surface area contributed by atoms with E-state index in [0.29, 0.717) is 0 Å². The highest BCUT2D eigenvalue weighted by atomic mass is 28.4.